The summed E-state index contributed by atoms with van der Waals surface area (Å²) in [5, 5.41) is 2.64. The number of nitrogens with one attached hydrogen (secondary N) is 2. The molecule has 0 saturated carbocycles. The molecule has 0 aliphatic rings. The van der Waals surface area contributed by atoms with Gasteiger partial charge in [0.2, 0.25) is 15.9 Å². The molecule has 2 aromatic rings. The summed E-state index contributed by atoms with van der Waals surface area (Å²) in [6, 6.07) is 17.3. The first-order valence-corrected chi connectivity index (χ1v) is 11.8. The summed E-state index contributed by atoms with van der Waals surface area (Å²) >= 11 is 1.45. The first kappa shape index (κ1) is 22.1. The molecule has 0 spiro atoms. The van der Waals surface area contributed by atoms with Crippen molar-refractivity contribution in [2.24, 2.45) is 0 Å². The minimum Gasteiger partial charge on any atom is -0.345 e. The first-order chi connectivity index (χ1) is 13.4. The topological polar surface area (TPSA) is 92.3 Å². The van der Waals surface area contributed by atoms with Gasteiger partial charge in [0.15, 0.2) is 0 Å². The molecule has 0 fully saturated rings. The van der Waals surface area contributed by atoms with Crippen molar-refractivity contribution in [3.8, 4) is 0 Å². The molecule has 0 saturated heterocycles. The van der Waals surface area contributed by atoms with E-state index in [4.69, 9.17) is 0 Å². The normalized spacial score (nSPS) is 13.5. The van der Waals surface area contributed by atoms with Crippen LogP contribution < -0.4 is 10.0 Å². The quantitative estimate of drug-likeness (QED) is 0.541. The molecule has 1 amide bonds. The maximum absolute atomic E-state index is 12.6. The van der Waals surface area contributed by atoms with Crippen LogP contribution >= 0.6 is 11.8 Å². The van der Waals surface area contributed by atoms with Crippen molar-refractivity contribution in [1.82, 2.24) is 10.0 Å². The van der Waals surface area contributed by atoms with Crippen LogP contribution in [0.1, 0.15) is 11.1 Å². The average molecular weight is 421 g/mol. The van der Waals surface area contributed by atoms with Crippen LogP contribution in [0, 0.1) is 0 Å². The number of aldehydes is 1. The number of carbonyl (C=O) groups is 2. The van der Waals surface area contributed by atoms with Gasteiger partial charge in [-0.3, -0.25) is 4.79 Å². The van der Waals surface area contributed by atoms with Crippen molar-refractivity contribution in [3.05, 3.63) is 71.8 Å². The van der Waals surface area contributed by atoms with Gasteiger partial charge in [-0.1, -0.05) is 60.7 Å². The molecule has 6 nitrogen and oxygen atoms in total. The van der Waals surface area contributed by atoms with Gasteiger partial charge in [-0.05, 0) is 17.5 Å². The molecule has 8 heteroatoms. The van der Waals surface area contributed by atoms with Crippen molar-refractivity contribution in [1.29, 1.82) is 0 Å². The fourth-order valence-corrected chi connectivity index (χ4v) is 4.40. The van der Waals surface area contributed by atoms with E-state index < -0.39 is 28.0 Å². The molecule has 0 aliphatic heterocycles. The minimum atomic E-state index is -3.58. The highest BCUT2D eigenvalue weighted by atomic mass is 32.2. The Morgan fingerprint density at radius 3 is 2.14 bits per heavy atom. The minimum absolute atomic E-state index is 0.255. The zero-order valence-corrected chi connectivity index (χ0v) is 17.2. The van der Waals surface area contributed by atoms with Gasteiger partial charge >= 0.3 is 0 Å². The van der Waals surface area contributed by atoms with Crippen LogP contribution in [0.4, 0.5) is 0 Å². The van der Waals surface area contributed by atoms with Gasteiger partial charge in [0.25, 0.3) is 0 Å². The number of rotatable bonds is 11. The molecule has 28 heavy (non-hydrogen) atoms. The fourth-order valence-electron chi connectivity index (χ4n) is 2.58. The molecule has 0 radical (unpaired) electrons. The largest absolute Gasteiger partial charge is 0.345 e. The molecular weight excluding hydrogens is 396 g/mol. The van der Waals surface area contributed by atoms with Gasteiger partial charge in [0.1, 0.15) is 12.3 Å². The highest BCUT2D eigenvalue weighted by Crippen LogP contribution is 2.13. The number of amides is 1. The van der Waals surface area contributed by atoms with E-state index >= 15 is 0 Å². The Kier molecular flexibility index (Phi) is 8.69. The van der Waals surface area contributed by atoms with Crippen LogP contribution in [0.3, 0.4) is 0 Å². The Morgan fingerprint density at radius 2 is 1.61 bits per heavy atom. The first-order valence-electron chi connectivity index (χ1n) is 8.76. The number of hydrogen-bond acceptors (Lipinski definition) is 5. The van der Waals surface area contributed by atoms with Crippen LogP contribution in [0.5, 0.6) is 0 Å². The molecule has 2 aromatic carbocycles. The van der Waals surface area contributed by atoms with Gasteiger partial charge in [0.05, 0.1) is 12.3 Å². The summed E-state index contributed by atoms with van der Waals surface area (Å²) in [6.07, 6.45) is 2.02. The summed E-state index contributed by atoms with van der Waals surface area (Å²) in [4.78, 5) is 24.0. The molecule has 2 atom stereocenters. The Bertz CT molecular complexity index is 858. The summed E-state index contributed by atoms with van der Waals surface area (Å²) in [5.74, 6) is 0.390. The molecule has 2 N–H and O–H groups in total. The average Bonchev–Trinajstić information content (AvgIpc) is 2.67. The monoisotopic (exact) mass is 420 g/mol. The van der Waals surface area contributed by atoms with Gasteiger partial charge < -0.3 is 10.1 Å². The van der Waals surface area contributed by atoms with Crippen molar-refractivity contribution in [2.45, 2.75) is 24.3 Å². The number of sulfonamides is 1. The molecule has 2 rings (SSSR count). The van der Waals surface area contributed by atoms with Crippen LogP contribution in [-0.2, 0) is 31.8 Å². The Balaban J connectivity index is 1.97. The van der Waals surface area contributed by atoms with E-state index in [-0.39, 0.29) is 5.75 Å². The standard InChI is InChI=1S/C20H24N2O4S2/c1-28(25,26)22-19(15-27-14-17-10-6-3-7-11-17)20(24)21-18(13-23)12-16-8-4-2-5-9-16/h2-11,13,18-19,22H,12,14-15H2,1H3,(H,21,24)/t18-,19-/m0/s1. The van der Waals surface area contributed by atoms with E-state index in [1.165, 1.54) is 11.8 Å². The highest BCUT2D eigenvalue weighted by molar-refractivity contribution is 7.98. The van der Waals surface area contributed by atoms with E-state index in [0.29, 0.717) is 18.5 Å². The lowest BCUT2D eigenvalue weighted by molar-refractivity contribution is -0.124. The predicted molar refractivity (Wildman–Crippen MR) is 113 cm³/mol. The van der Waals surface area contributed by atoms with Gasteiger partial charge in [-0.25, -0.2) is 13.1 Å². The molecule has 0 unspecified atom stereocenters. The molecule has 150 valence electrons. The maximum Gasteiger partial charge on any atom is 0.239 e. The number of hydrogen-bond donors (Lipinski definition) is 2. The zero-order chi connectivity index (χ0) is 20.4. The SMILES string of the molecule is CS(=O)(=O)N[C@@H](CSCc1ccccc1)C(=O)N[C@H](C=O)Cc1ccccc1. The lowest BCUT2D eigenvalue weighted by Crippen LogP contribution is -2.51. The van der Waals surface area contributed by atoms with Crippen LogP contribution in [0.15, 0.2) is 60.7 Å². The molecule has 0 aromatic heterocycles. The Morgan fingerprint density at radius 1 is 1.04 bits per heavy atom. The fraction of sp³-hybridized carbons (Fsp3) is 0.300. The Labute approximate surface area is 170 Å². The van der Waals surface area contributed by atoms with E-state index in [2.05, 4.69) is 10.0 Å². The predicted octanol–water partition coefficient (Wildman–Crippen LogP) is 1.76. The third kappa shape index (κ3) is 8.24. The number of thioether (sulfide) groups is 1. The van der Waals surface area contributed by atoms with Crippen molar-refractivity contribution < 1.29 is 18.0 Å². The maximum atomic E-state index is 12.6. The smallest absolute Gasteiger partial charge is 0.239 e. The second-order valence-corrected chi connectivity index (χ2v) is 9.19. The summed E-state index contributed by atoms with van der Waals surface area (Å²) in [5.41, 5.74) is 1.99. The van der Waals surface area contributed by atoms with Crippen LogP contribution in [-0.4, -0.2) is 44.7 Å². The number of carbonyl (C=O) groups excluding carboxylic acids is 2. The third-order valence-corrected chi connectivity index (χ3v) is 5.68. The zero-order valence-electron chi connectivity index (χ0n) is 15.6. The third-order valence-electron chi connectivity index (χ3n) is 3.86. The van der Waals surface area contributed by atoms with Crippen molar-refractivity contribution >= 4 is 34.0 Å². The van der Waals surface area contributed by atoms with E-state index in [1.807, 2.05) is 60.7 Å². The van der Waals surface area contributed by atoms with Crippen molar-refractivity contribution in [3.63, 3.8) is 0 Å². The molecule has 0 aliphatic carbocycles. The lowest BCUT2D eigenvalue weighted by atomic mass is 10.1. The van der Waals surface area contributed by atoms with E-state index in [1.54, 1.807) is 0 Å². The van der Waals surface area contributed by atoms with Crippen LogP contribution in [0.2, 0.25) is 0 Å². The Hall–Kier alpha value is -2.16. The highest BCUT2D eigenvalue weighted by Gasteiger charge is 2.24. The molecular formula is C20H24N2O4S2. The summed E-state index contributed by atoms with van der Waals surface area (Å²) in [6.45, 7) is 0. The van der Waals surface area contributed by atoms with Gasteiger partial charge in [0, 0.05) is 11.5 Å². The molecule has 0 heterocycles. The van der Waals surface area contributed by atoms with Crippen molar-refractivity contribution in [2.75, 3.05) is 12.0 Å². The summed E-state index contributed by atoms with van der Waals surface area (Å²) < 4.78 is 25.7. The van der Waals surface area contributed by atoms with Gasteiger partial charge in [-0.15, -0.1) is 0 Å². The lowest BCUT2D eigenvalue weighted by Gasteiger charge is -2.20. The summed E-state index contributed by atoms with van der Waals surface area (Å²) in [7, 11) is -3.58. The van der Waals surface area contributed by atoms with E-state index in [9.17, 15) is 18.0 Å². The molecule has 0 bridgehead atoms. The number of benzene rings is 2. The van der Waals surface area contributed by atoms with Crippen LogP contribution in [0.25, 0.3) is 0 Å². The second-order valence-electron chi connectivity index (χ2n) is 6.38. The van der Waals surface area contributed by atoms with Gasteiger partial charge in [-0.2, -0.15) is 11.8 Å². The van der Waals surface area contributed by atoms with E-state index in [0.717, 1.165) is 17.4 Å². The second kappa shape index (κ2) is 11.0.